The standard InChI is InChI=1S/C22H25N5O3/c28-22(24-18-5-4-8-21(15-18)30-20-6-2-1-3-7-20)25-19-16-23-27(17-19)10-9-26-11-13-29-14-12-26/h1-8,15-17H,9-14H2,(H2,24,25,28). The van der Waals surface area contributed by atoms with Crippen LogP contribution in [-0.2, 0) is 11.3 Å². The largest absolute Gasteiger partial charge is 0.457 e. The van der Waals surface area contributed by atoms with Gasteiger partial charge in [0.15, 0.2) is 0 Å². The van der Waals surface area contributed by atoms with E-state index in [1.165, 1.54) is 0 Å². The molecule has 0 aliphatic carbocycles. The molecule has 30 heavy (non-hydrogen) atoms. The molecule has 0 radical (unpaired) electrons. The van der Waals surface area contributed by atoms with Crippen molar-refractivity contribution in [3.63, 3.8) is 0 Å². The van der Waals surface area contributed by atoms with Gasteiger partial charge in [0.25, 0.3) is 0 Å². The second kappa shape index (κ2) is 9.91. The molecule has 0 atom stereocenters. The molecule has 0 bridgehead atoms. The van der Waals surface area contributed by atoms with Gasteiger partial charge in [-0.05, 0) is 24.3 Å². The number of hydrogen-bond donors (Lipinski definition) is 2. The van der Waals surface area contributed by atoms with E-state index in [2.05, 4.69) is 20.6 Å². The summed E-state index contributed by atoms with van der Waals surface area (Å²) in [6, 6.07) is 16.4. The fourth-order valence-electron chi connectivity index (χ4n) is 3.17. The maximum atomic E-state index is 12.3. The summed E-state index contributed by atoms with van der Waals surface area (Å²) in [6.45, 7) is 5.13. The van der Waals surface area contributed by atoms with Gasteiger partial charge in [-0.1, -0.05) is 24.3 Å². The van der Waals surface area contributed by atoms with Crippen molar-refractivity contribution < 1.29 is 14.3 Å². The summed E-state index contributed by atoms with van der Waals surface area (Å²) in [4.78, 5) is 14.7. The zero-order chi connectivity index (χ0) is 20.6. The third-order valence-corrected chi connectivity index (χ3v) is 4.71. The van der Waals surface area contributed by atoms with Gasteiger partial charge in [0.2, 0.25) is 0 Å². The molecule has 1 saturated heterocycles. The van der Waals surface area contributed by atoms with Crippen molar-refractivity contribution >= 4 is 17.4 Å². The number of aromatic nitrogens is 2. The van der Waals surface area contributed by atoms with Crippen molar-refractivity contribution in [2.45, 2.75) is 6.54 Å². The second-order valence-corrected chi connectivity index (χ2v) is 6.97. The molecule has 8 nitrogen and oxygen atoms in total. The lowest BCUT2D eigenvalue weighted by atomic mass is 10.3. The second-order valence-electron chi connectivity index (χ2n) is 6.97. The summed E-state index contributed by atoms with van der Waals surface area (Å²) in [5.74, 6) is 1.39. The van der Waals surface area contributed by atoms with E-state index in [1.807, 2.05) is 59.4 Å². The molecular formula is C22H25N5O3. The summed E-state index contributed by atoms with van der Waals surface area (Å²) < 4.78 is 13.0. The Labute approximate surface area is 175 Å². The Morgan fingerprint density at radius 2 is 1.73 bits per heavy atom. The van der Waals surface area contributed by atoms with Crippen LogP contribution in [0.2, 0.25) is 0 Å². The fourth-order valence-corrected chi connectivity index (χ4v) is 3.17. The minimum Gasteiger partial charge on any atom is -0.457 e. The Hall–Kier alpha value is -3.36. The number of para-hydroxylation sites is 1. The van der Waals surface area contributed by atoms with Gasteiger partial charge in [0.05, 0.1) is 31.6 Å². The van der Waals surface area contributed by atoms with Gasteiger partial charge in [-0.2, -0.15) is 5.10 Å². The maximum Gasteiger partial charge on any atom is 0.323 e. The van der Waals surface area contributed by atoms with E-state index in [-0.39, 0.29) is 6.03 Å². The van der Waals surface area contributed by atoms with Crippen molar-refractivity contribution in [1.82, 2.24) is 14.7 Å². The summed E-state index contributed by atoms with van der Waals surface area (Å²) in [5.41, 5.74) is 1.28. The minimum atomic E-state index is -0.334. The first-order valence-electron chi connectivity index (χ1n) is 9.98. The number of morpholine rings is 1. The molecule has 1 aliphatic rings. The number of amides is 2. The number of carbonyl (C=O) groups excluding carboxylic acids is 1. The lowest BCUT2D eigenvalue weighted by Crippen LogP contribution is -2.38. The summed E-state index contributed by atoms with van der Waals surface area (Å²) >= 11 is 0. The lowest BCUT2D eigenvalue weighted by molar-refractivity contribution is 0.0360. The van der Waals surface area contributed by atoms with E-state index in [1.54, 1.807) is 12.3 Å². The van der Waals surface area contributed by atoms with E-state index in [9.17, 15) is 4.79 Å². The first kappa shape index (κ1) is 19.9. The smallest absolute Gasteiger partial charge is 0.323 e. The van der Waals surface area contributed by atoms with Crippen LogP contribution >= 0.6 is 0 Å². The number of urea groups is 1. The van der Waals surface area contributed by atoms with E-state index >= 15 is 0 Å². The molecule has 1 aromatic heterocycles. The summed E-state index contributed by atoms with van der Waals surface area (Å²) in [7, 11) is 0. The van der Waals surface area contributed by atoms with Crippen LogP contribution in [0.4, 0.5) is 16.2 Å². The number of benzene rings is 2. The highest BCUT2D eigenvalue weighted by Crippen LogP contribution is 2.24. The molecule has 0 saturated carbocycles. The highest BCUT2D eigenvalue weighted by molar-refractivity contribution is 5.99. The minimum absolute atomic E-state index is 0.334. The van der Waals surface area contributed by atoms with Crippen LogP contribution in [-0.4, -0.2) is 53.6 Å². The van der Waals surface area contributed by atoms with Gasteiger partial charge < -0.3 is 20.1 Å². The molecule has 2 N–H and O–H groups in total. The van der Waals surface area contributed by atoms with E-state index in [0.29, 0.717) is 17.1 Å². The highest BCUT2D eigenvalue weighted by atomic mass is 16.5. The number of anilines is 2. The zero-order valence-electron chi connectivity index (χ0n) is 16.7. The van der Waals surface area contributed by atoms with E-state index in [0.717, 1.165) is 45.1 Å². The predicted octanol–water partition coefficient (Wildman–Crippen LogP) is 3.65. The number of ether oxygens (including phenoxy) is 2. The fraction of sp³-hybridized carbons (Fsp3) is 0.273. The van der Waals surface area contributed by atoms with Crippen LogP contribution in [0.15, 0.2) is 67.0 Å². The van der Waals surface area contributed by atoms with Crippen LogP contribution in [0, 0.1) is 0 Å². The molecular weight excluding hydrogens is 382 g/mol. The van der Waals surface area contributed by atoms with Crippen LogP contribution in [0.5, 0.6) is 11.5 Å². The topological polar surface area (TPSA) is 80.7 Å². The quantitative estimate of drug-likeness (QED) is 0.625. The first-order chi connectivity index (χ1) is 14.7. The van der Waals surface area contributed by atoms with Crippen molar-refractivity contribution in [3.05, 3.63) is 67.0 Å². The maximum absolute atomic E-state index is 12.3. The van der Waals surface area contributed by atoms with Crippen molar-refractivity contribution in [1.29, 1.82) is 0 Å². The van der Waals surface area contributed by atoms with Crippen molar-refractivity contribution in [2.24, 2.45) is 0 Å². The molecule has 2 heterocycles. The number of hydrogen-bond acceptors (Lipinski definition) is 5. The molecule has 0 unspecified atom stereocenters. The van der Waals surface area contributed by atoms with Gasteiger partial charge >= 0.3 is 6.03 Å². The van der Waals surface area contributed by atoms with E-state index < -0.39 is 0 Å². The molecule has 8 heteroatoms. The average Bonchev–Trinajstić information content (AvgIpc) is 3.21. The van der Waals surface area contributed by atoms with Gasteiger partial charge in [0, 0.05) is 37.6 Å². The molecule has 2 aromatic carbocycles. The number of nitrogens with one attached hydrogen (secondary N) is 2. The summed E-state index contributed by atoms with van der Waals surface area (Å²) in [6.07, 6.45) is 3.47. The van der Waals surface area contributed by atoms with Gasteiger partial charge in [-0.15, -0.1) is 0 Å². The third-order valence-electron chi connectivity index (χ3n) is 4.71. The highest BCUT2D eigenvalue weighted by Gasteiger charge is 2.11. The number of rotatable bonds is 7. The molecule has 1 aliphatic heterocycles. The van der Waals surface area contributed by atoms with Crippen LogP contribution in [0.1, 0.15) is 0 Å². The Kier molecular flexibility index (Phi) is 6.58. The normalized spacial score (nSPS) is 14.3. The summed E-state index contributed by atoms with van der Waals surface area (Å²) in [5, 5.41) is 9.95. The number of carbonyl (C=O) groups is 1. The van der Waals surface area contributed by atoms with Gasteiger partial charge in [-0.3, -0.25) is 9.58 Å². The molecule has 4 rings (SSSR count). The van der Waals surface area contributed by atoms with Gasteiger partial charge in [0.1, 0.15) is 11.5 Å². The molecule has 3 aromatic rings. The monoisotopic (exact) mass is 407 g/mol. The lowest BCUT2D eigenvalue weighted by Gasteiger charge is -2.26. The van der Waals surface area contributed by atoms with Crippen LogP contribution < -0.4 is 15.4 Å². The third kappa shape index (κ3) is 5.82. The number of nitrogens with zero attached hydrogens (tertiary/aromatic N) is 3. The average molecular weight is 407 g/mol. The molecule has 156 valence electrons. The Bertz CT molecular complexity index is 954. The molecule has 0 spiro atoms. The van der Waals surface area contributed by atoms with Crippen LogP contribution in [0.25, 0.3) is 0 Å². The SMILES string of the molecule is O=C(Nc1cccc(Oc2ccccc2)c1)Nc1cnn(CCN2CCOCC2)c1. The van der Waals surface area contributed by atoms with E-state index in [4.69, 9.17) is 9.47 Å². The Morgan fingerprint density at radius 3 is 2.57 bits per heavy atom. The Balaban J connectivity index is 1.27. The molecule has 1 fully saturated rings. The van der Waals surface area contributed by atoms with Gasteiger partial charge in [-0.25, -0.2) is 4.79 Å². The van der Waals surface area contributed by atoms with Crippen LogP contribution in [0.3, 0.4) is 0 Å². The van der Waals surface area contributed by atoms with Crippen molar-refractivity contribution in [3.8, 4) is 11.5 Å². The van der Waals surface area contributed by atoms with Crippen molar-refractivity contribution in [2.75, 3.05) is 43.5 Å². The zero-order valence-corrected chi connectivity index (χ0v) is 16.7. The Morgan fingerprint density at radius 1 is 0.967 bits per heavy atom. The predicted molar refractivity (Wildman–Crippen MR) is 115 cm³/mol. The first-order valence-corrected chi connectivity index (χ1v) is 9.98. The molecule has 2 amide bonds.